The maximum atomic E-state index is 11.3. The second-order valence-corrected chi connectivity index (χ2v) is 4.09. The summed E-state index contributed by atoms with van der Waals surface area (Å²) in [5, 5.41) is 23.0. The summed E-state index contributed by atoms with van der Waals surface area (Å²) in [4.78, 5) is 21.6. The van der Waals surface area contributed by atoms with Crippen molar-refractivity contribution < 1.29 is 19.6 Å². The fourth-order valence-electron chi connectivity index (χ4n) is 1.79. The molecule has 7 heteroatoms. The van der Waals surface area contributed by atoms with Crippen LogP contribution in [0.5, 0.6) is 0 Å². The molecule has 0 saturated heterocycles. The van der Waals surface area contributed by atoms with E-state index in [2.05, 4.69) is 5.32 Å². The highest BCUT2D eigenvalue weighted by atomic mass is 16.6. The van der Waals surface area contributed by atoms with Crippen LogP contribution in [-0.4, -0.2) is 35.8 Å². The minimum atomic E-state index is -1.14. The smallest absolute Gasteiger partial charge is 0.325 e. The Labute approximate surface area is 116 Å². The monoisotopic (exact) mass is 282 g/mol. The number of para-hydroxylation sites is 1. The highest BCUT2D eigenvalue weighted by molar-refractivity contribution is 5.77. The van der Waals surface area contributed by atoms with Crippen molar-refractivity contribution in [3.63, 3.8) is 0 Å². The largest absolute Gasteiger partial charge is 0.480 e. The van der Waals surface area contributed by atoms with E-state index in [0.717, 1.165) is 0 Å². The molecule has 0 saturated carbocycles. The van der Waals surface area contributed by atoms with Gasteiger partial charge < -0.3 is 15.2 Å². The van der Waals surface area contributed by atoms with Crippen LogP contribution in [0.4, 0.5) is 5.69 Å². The first-order valence-electron chi connectivity index (χ1n) is 6.35. The number of carboxylic acids is 1. The van der Waals surface area contributed by atoms with Gasteiger partial charge >= 0.3 is 5.97 Å². The Bertz CT molecular complexity index is 464. The number of ether oxygens (including phenoxy) is 1. The van der Waals surface area contributed by atoms with Crippen LogP contribution in [0.2, 0.25) is 0 Å². The van der Waals surface area contributed by atoms with Crippen LogP contribution < -0.4 is 5.32 Å². The van der Waals surface area contributed by atoms with Crippen molar-refractivity contribution >= 4 is 11.7 Å². The van der Waals surface area contributed by atoms with E-state index in [9.17, 15) is 20.0 Å². The first-order chi connectivity index (χ1) is 9.57. The Morgan fingerprint density at radius 1 is 1.50 bits per heavy atom. The van der Waals surface area contributed by atoms with Gasteiger partial charge in [0.05, 0.1) is 10.5 Å². The number of carbonyl (C=O) groups is 1. The first-order valence-corrected chi connectivity index (χ1v) is 6.35. The summed E-state index contributed by atoms with van der Waals surface area (Å²) in [5.41, 5.74) is -0.0429. The number of carboxylic acid groups (broad SMARTS) is 1. The maximum Gasteiger partial charge on any atom is 0.325 e. The Hall–Kier alpha value is -1.99. The van der Waals surface area contributed by atoms with Gasteiger partial charge in [-0.1, -0.05) is 12.1 Å². The fraction of sp³-hybridized carbons (Fsp3) is 0.462. The van der Waals surface area contributed by atoms with Crippen LogP contribution in [0.1, 0.15) is 24.9 Å². The molecule has 0 amide bonds. The summed E-state index contributed by atoms with van der Waals surface area (Å²) in [6.07, 6.45) is 0.637. The Morgan fingerprint density at radius 2 is 2.20 bits per heavy atom. The lowest BCUT2D eigenvalue weighted by atomic mass is 10.0. The van der Waals surface area contributed by atoms with Crippen LogP contribution in [0.15, 0.2) is 24.3 Å². The third-order valence-electron chi connectivity index (χ3n) is 2.71. The quantitative estimate of drug-likeness (QED) is 0.406. The topological polar surface area (TPSA) is 102 Å². The highest BCUT2D eigenvalue weighted by Gasteiger charge is 2.26. The number of hydrogen-bond acceptors (Lipinski definition) is 5. The molecule has 0 aliphatic heterocycles. The molecule has 1 rings (SSSR count). The summed E-state index contributed by atoms with van der Waals surface area (Å²) in [6, 6.07) is 4.74. The van der Waals surface area contributed by atoms with E-state index in [4.69, 9.17) is 4.74 Å². The molecule has 1 unspecified atom stereocenters. The average molecular weight is 282 g/mol. The number of hydrogen-bond donors (Lipinski definition) is 2. The molecule has 0 bridgehead atoms. The fourth-order valence-corrected chi connectivity index (χ4v) is 1.79. The molecular weight excluding hydrogens is 264 g/mol. The molecule has 0 radical (unpaired) electrons. The van der Waals surface area contributed by atoms with Crippen molar-refractivity contribution in [3.05, 3.63) is 39.9 Å². The number of aliphatic carboxylic acids is 1. The molecule has 0 aromatic heterocycles. The van der Waals surface area contributed by atoms with Gasteiger partial charge in [-0.2, -0.15) is 0 Å². The minimum absolute atomic E-state index is 0.154. The Balaban J connectivity index is 2.76. The van der Waals surface area contributed by atoms with E-state index < -0.39 is 16.9 Å². The SMILES string of the molecule is CCOCCCNC(C(=O)O)c1ccccc1[N+](=O)[O-]. The van der Waals surface area contributed by atoms with Gasteiger partial charge in [-0.25, -0.2) is 0 Å². The van der Waals surface area contributed by atoms with Crippen molar-refractivity contribution in [2.75, 3.05) is 19.8 Å². The van der Waals surface area contributed by atoms with Gasteiger partial charge in [0.2, 0.25) is 0 Å². The molecule has 2 N–H and O–H groups in total. The molecule has 7 nitrogen and oxygen atoms in total. The molecule has 0 spiro atoms. The summed E-state index contributed by atoms with van der Waals surface area (Å²) >= 11 is 0. The van der Waals surface area contributed by atoms with Gasteiger partial charge in [0.1, 0.15) is 6.04 Å². The van der Waals surface area contributed by atoms with Crippen LogP contribution in [0, 0.1) is 10.1 Å². The maximum absolute atomic E-state index is 11.3. The van der Waals surface area contributed by atoms with Crippen LogP contribution >= 0.6 is 0 Å². The van der Waals surface area contributed by atoms with Crippen molar-refractivity contribution in [1.82, 2.24) is 5.32 Å². The summed E-state index contributed by atoms with van der Waals surface area (Å²) in [6.45, 7) is 3.41. The van der Waals surface area contributed by atoms with E-state index >= 15 is 0 Å². The third kappa shape index (κ3) is 4.60. The van der Waals surface area contributed by atoms with Gasteiger partial charge in [0.25, 0.3) is 5.69 Å². The first kappa shape index (κ1) is 16.1. The van der Waals surface area contributed by atoms with E-state index in [1.54, 1.807) is 6.07 Å². The zero-order chi connectivity index (χ0) is 15.0. The molecule has 20 heavy (non-hydrogen) atoms. The zero-order valence-electron chi connectivity index (χ0n) is 11.2. The van der Waals surface area contributed by atoms with E-state index in [-0.39, 0.29) is 11.3 Å². The lowest BCUT2D eigenvalue weighted by Gasteiger charge is -2.14. The lowest BCUT2D eigenvalue weighted by molar-refractivity contribution is -0.385. The summed E-state index contributed by atoms with van der Waals surface area (Å²) in [5.74, 6) is -1.14. The molecule has 0 heterocycles. The average Bonchev–Trinajstić information content (AvgIpc) is 2.42. The highest BCUT2D eigenvalue weighted by Crippen LogP contribution is 2.24. The second-order valence-electron chi connectivity index (χ2n) is 4.09. The van der Waals surface area contributed by atoms with Crippen LogP contribution in [0.25, 0.3) is 0 Å². The number of nitrogens with one attached hydrogen (secondary N) is 1. The summed E-state index contributed by atoms with van der Waals surface area (Å²) < 4.78 is 5.15. The molecule has 0 fully saturated rings. The summed E-state index contributed by atoms with van der Waals surface area (Å²) in [7, 11) is 0. The van der Waals surface area contributed by atoms with Gasteiger partial charge in [-0.05, 0) is 26.0 Å². The van der Waals surface area contributed by atoms with Crippen LogP contribution in [-0.2, 0) is 9.53 Å². The van der Waals surface area contributed by atoms with Crippen LogP contribution in [0.3, 0.4) is 0 Å². The number of benzene rings is 1. The van der Waals surface area contributed by atoms with Crippen molar-refractivity contribution in [2.24, 2.45) is 0 Å². The molecule has 1 aromatic carbocycles. The lowest BCUT2D eigenvalue weighted by Crippen LogP contribution is -2.30. The van der Waals surface area contributed by atoms with Crippen molar-refractivity contribution in [1.29, 1.82) is 0 Å². The number of rotatable bonds is 9. The molecule has 1 aromatic rings. The number of nitro benzene ring substituents is 1. The predicted molar refractivity (Wildman–Crippen MR) is 72.6 cm³/mol. The van der Waals surface area contributed by atoms with Gasteiger partial charge in [-0.3, -0.25) is 14.9 Å². The molecule has 0 aliphatic rings. The predicted octanol–water partition coefficient (Wildman–Crippen LogP) is 1.74. The normalized spacial score (nSPS) is 12.1. The molecular formula is C13H18N2O5. The minimum Gasteiger partial charge on any atom is -0.480 e. The standard InChI is InChI=1S/C13H18N2O5/c1-2-20-9-5-8-14-12(13(16)17)10-6-3-4-7-11(10)15(18)19/h3-4,6-7,12,14H,2,5,8-9H2,1H3,(H,16,17). The van der Waals surface area contributed by atoms with Gasteiger partial charge in [-0.15, -0.1) is 0 Å². The zero-order valence-corrected chi connectivity index (χ0v) is 11.2. The Kier molecular flexibility index (Phi) is 6.61. The molecule has 0 aliphatic carbocycles. The van der Waals surface area contributed by atoms with E-state index in [1.807, 2.05) is 6.92 Å². The second kappa shape index (κ2) is 8.23. The molecule has 110 valence electrons. The number of nitrogens with zero attached hydrogens (tertiary/aromatic N) is 1. The third-order valence-corrected chi connectivity index (χ3v) is 2.71. The van der Waals surface area contributed by atoms with Gasteiger partial charge in [0, 0.05) is 19.3 Å². The van der Waals surface area contributed by atoms with E-state index in [0.29, 0.717) is 26.2 Å². The van der Waals surface area contributed by atoms with E-state index in [1.165, 1.54) is 18.2 Å². The number of nitro groups is 1. The molecule has 1 atom stereocenters. The van der Waals surface area contributed by atoms with Crippen molar-refractivity contribution in [2.45, 2.75) is 19.4 Å². The Morgan fingerprint density at radius 3 is 2.80 bits per heavy atom. The van der Waals surface area contributed by atoms with Crippen molar-refractivity contribution in [3.8, 4) is 0 Å². The van der Waals surface area contributed by atoms with Gasteiger partial charge in [0.15, 0.2) is 0 Å².